The van der Waals surface area contributed by atoms with E-state index in [2.05, 4.69) is 0 Å². The summed E-state index contributed by atoms with van der Waals surface area (Å²) in [5.41, 5.74) is 0.182. The topological polar surface area (TPSA) is 91.8 Å². The Morgan fingerprint density at radius 2 is 1.62 bits per heavy atom. The van der Waals surface area contributed by atoms with Crippen molar-refractivity contribution >= 4 is 31.6 Å². The van der Waals surface area contributed by atoms with Gasteiger partial charge in [0, 0.05) is 13.1 Å². The Balaban J connectivity index is 1.90. The smallest absolute Gasteiger partial charge is 0.244 e. The summed E-state index contributed by atoms with van der Waals surface area (Å²) in [6.07, 6.45) is 2.71. The van der Waals surface area contributed by atoms with E-state index in [4.69, 9.17) is 0 Å². The third-order valence-electron chi connectivity index (χ3n) is 4.38. The molecular formula is C15H20N2O5S2. The number of nitrogens with zero attached hydrogens (tertiary/aromatic N) is 2. The average molecular weight is 372 g/mol. The Morgan fingerprint density at radius 1 is 1.04 bits per heavy atom. The van der Waals surface area contributed by atoms with E-state index >= 15 is 0 Å². The minimum absolute atomic E-state index is 0.116. The summed E-state index contributed by atoms with van der Waals surface area (Å²) in [5.74, 6) is -1.30. The molecule has 1 aromatic rings. The van der Waals surface area contributed by atoms with Crippen LogP contribution in [0.3, 0.4) is 0 Å². The van der Waals surface area contributed by atoms with Gasteiger partial charge in [-0.1, -0.05) is 13.3 Å². The molecule has 1 amide bonds. The molecule has 9 heteroatoms. The summed E-state index contributed by atoms with van der Waals surface area (Å²) in [4.78, 5) is 12.2. The van der Waals surface area contributed by atoms with Gasteiger partial charge in [-0.15, -0.1) is 0 Å². The first-order chi connectivity index (χ1) is 11.2. The van der Waals surface area contributed by atoms with Gasteiger partial charge in [0.15, 0.2) is 0 Å². The number of carbonyl (C=O) groups is 1. The second-order valence-corrected chi connectivity index (χ2v) is 10.0. The minimum atomic E-state index is -3.68. The van der Waals surface area contributed by atoms with Gasteiger partial charge in [0.05, 0.1) is 22.3 Å². The third kappa shape index (κ3) is 2.96. The third-order valence-corrected chi connectivity index (χ3v) is 8.17. The number of hydrogen-bond donors (Lipinski definition) is 0. The molecule has 2 saturated heterocycles. The van der Waals surface area contributed by atoms with E-state index in [1.54, 1.807) is 6.92 Å². The lowest BCUT2D eigenvalue weighted by Gasteiger charge is -2.26. The molecule has 24 heavy (non-hydrogen) atoms. The first-order valence-corrected chi connectivity index (χ1v) is 11.0. The number of rotatable bonds is 3. The van der Waals surface area contributed by atoms with E-state index in [-0.39, 0.29) is 16.3 Å². The largest absolute Gasteiger partial charge is 0.273 e. The predicted molar refractivity (Wildman–Crippen MR) is 89.5 cm³/mol. The Labute approximate surface area is 142 Å². The molecule has 3 rings (SSSR count). The molecular weight excluding hydrogens is 352 g/mol. The van der Waals surface area contributed by atoms with Crippen LogP contribution in [0.1, 0.15) is 26.2 Å². The Kier molecular flexibility index (Phi) is 4.43. The monoisotopic (exact) mass is 372 g/mol. The van der Waals surface area contributed by atoms with Gasteiger partial charge >= 0.3 is 0 Å². The van der Waals surface area contributed by atoms with Crippen LogP contribution in [0.25, 0.3) is 0 Å². The van der Waals surface area contributed by atoms with E-state index in [1.165, 1.54) is 28.6 Å². The van der Waals surface area contributed by atoms with Gasteiger partial charge in [0.1, 0.15) is 0 Å². The molecule has 1 aromatic carbocycles. The van der Waals surface area contributed by atoms with E-state index in [0.29, 0.717) is 13.1 Å². The quantitative estimate of drug-likeness (QED) is 0.794. The molecule has 7 nitrogen and oxygen atoms in total. The zero-order valence-electron chi connectivity index (χ0n) is 13.4. The van der Waals surface area contributed by atoms with Crippen molar-refractivity contribution in [3.05, 3.63) is 24.3 Å². The number of piperidine rings is 1. The lowest BCUT2D eigenvalue weighted by atomic mass is 10.2. The number of anilines is 1. The molecule has 2 aliphatic rings. The van der Waals surface area contributed by atoms with Crippen LogP contribution in [0.15, 0.2) is 29.2 Å². The van der Waals surface area contributed by atoms with Crippen molar-refractivity contribution in [1.29, 1.82) is 0 Å². The number of hydrogen-bond acceptors (Lipinski definition) is 5. The first-order valence-electron chi connectivity index (χ1n) is 7.90. The molecule has 0 radical (unpaired) electrons. The van der Waals surface area contributed by atoms with Crippen molar-refractivity contribution in [2.24, 2.45) is 5.92 Å². The summed E-state index contributed by atoms with van der Waals surface area (Å²) in [7, 11) is -7.26. The van der Waals surface area contributed by atoms with E-state index in [1.807, 2.05) is 0 Å². The molecule has 0 aliphatic carbocycles. The van der Waals surface area contributed by atoms with Crippen molar-refractivity contribution in [2.75, 3.05) is 23.1 Å². The highest BCUT2D eigenvalue weighted by Crippen LogP contribution is 2.29. The maximum atomic E-state index is 12.6. The van der Waals surface area contributed by atoms with Crippen molar-refractivity contribution in [2.45, 2.75) is 31.1 Å². The van der Waals surface area contributed by atoms with E-state index in [9.17, 15) is 21.6 Å². The predicted octanol–water partition coefficient (Wildman–Crippen LogP) is 1.17. The van der Waals surface area contributed by atoms with Crippen LogP contribution in [0.4, 0.5) is 5.69 Å². The van der Waals surface area contributed by atoms with Crippen LogP contribution in [-0.2, 0) is 24.8 Å². The van der Waals surface area contributed by atoms with Crippen LogP contribution in [0.5, 0.6) is 0 Å². The van der Waals surface area contributed by atoms with Crippen molar-refractivity contribution in [3.63, 3.8) is 0 Å². The molecule has 0 N–H and O–H groups in total. The number of sulfonamides is 2. The van der Waals surface area contributed by atoms with Crippen molar-refractivity contribution in [1.82, 2.24) is 4.31 Å². The van der Waals surface area contributed by atoms with Gasteiger partial charge in [-0.2, -0.15) is 4.31 Å². The zero-order chi connectivity index (χ0) is 17.5. The first kappa shape index (κ1) is 17.4. The SMILES string of the molecule is CC1CS(=O)(=O)N(c2ccc(S(=O)(=O)N3CCCCC3)cc2)C1=O. The maximum Gasteiger partial charge on any atom is 0.244 e. The Bertz CT molecular complexity index is 840. The average Bonchev–Trinajstić information content (AvgIpc) is 2.76. The van der Waals surface area contributed by atoms with Crippen LogP contribution in [-0.4, -0.2) is 45.9 Å². The molecule has 2 fully saturated rings. The van der Waals surface area contributed by atoms with Gasteiger partial charge in [0.25, 0.3) is 0 Å². The molecule has 0 bridgehead atoms. The number of carbonyl (C=O) groups excluding carboxylic acids is 1. The highest BCUT2D eigenvalue weighted by Gasteiger charge is 2.42. The molecule has 132 valence electrons. The van der Waals surface area contributed by atoms with Gasteiger partial charge in [-0.25, -0.2) is 21.1 Å². The fraction of sp³-hybridized carbons (Fsp3) is 0.533. The second kappa shape index (κ2) is 6.12. The summed E-state index contributed by atoms with van der Waals surface area (Å²) in [5, 5.41) is 0. The standard InChI is InChI=1S/C15H20N2O5S2/c1-12-11-23(19,20)17(15(12)18)13-5-7-14(8-6-13)24(21,22)16-9-3-2-4-10-16/h5-8,12H,2-4,9-11H2,1H3. The van der Waals surface area contributed by atoms with Crippen LogP contribution >= 0.6 is 0 Å². The lowest BCUT2D eigenvalue weighted by Crippen LogP contribution is -2.35. The highest BCUT2D eigenvalue weighted by molar-refractivity contribution is 7.94. The van der Waals surface area contributed by atoms with Crippen molar-refractivity contribution in [3.8, 4) is 0 Å². The van der Waals surface area contributed by atoms with E-state index < -0.39 is 31.9 Å². The molecule has 2 aliphatic heterocycles. The molecule has 1 atom stereocenters. The zero-order valence-corrected chi connectivity index (χ0v) is 15.0. The van der Waals surface area contributed by atoms with Crippen LogP contribution in [0.2, 0.25) is 0 Å². The van der Waals surface area contributed by atoms with Gasteiger partial charge in [0.2, 0.25) is 26.0 Å². The number of amides is 1. The second-order valence-electron chi connectivity index (χ2n) is 6.24. The van der Waals surface area contributed by atoms with Crippen LogP contribution in [0, 0.1) is 5.92 Å². The summed E-state index contributed by atoms with van der Waals surface area (Å²) >= 11 is 0. The van der Waals surface area contributed by atoms with Gasteiger partial charge < -0.3 is 0 Å². The molecule has 0 saturated carbocycles. The molecule has 1 unspecified atom stereocenters. The van der Waals surface area contributed by atoms with Gasteiger partial charge in [-0.3, -0.25) is 4.79 Å². The Hall–Kier alpha value is -1.45. The van der Waals surface area contributed by atoms with E-state index in [0.717, 1.165) is 23.6 Å². The summed E-state index contributed by atoms with van der Waals surface area (Å²) < 4.78 is 51.6. The number of benzene rings is 1. The van der Waals surface area contributed by atoms with Crippen molar-refractivity contribution < 1.29 is 21.6 Å². The van der Waals surface area contributed by atoms with Gasteiger partial charge in [-0.05, 0) is 37.1 Å². The fourth-order valence-electron chi connectivity index (χ4n) is 3.09. The fourth-order valence-corrected chi connectivity index (χ4v) is 6.43. The maximum absolute atomic E-state index is 12.6. The Morgan fingerprint density at radius 3 is 2.12 bits per heavy atom. The molecule has 0 spiro atoms. The highest BCUT2D eigenvalue weighted by atomic mass is 32.2. The molecule has 0 aromatic heterocycles. The lowest BCUT2D eigenvalue weighted by molar-refractivity contribution is -0.119. The molecule has 2 heterocycles. The summed E-state index contributed by atoms with van der Waals surface area (Å²) in [6.45, 7) is 2.57. The normalized spacial score (nSPS) is 25.1. The minimum Gasteiger partial charge on any atom is -0.273 e. The summed E-state index contributed by atoms with van der Waals surface area (Å²) in [6, 6.07) is 5.49. The van der Waals surface area contributed by atoms with Crippen LogP contribution < -0.4 is 4.31 Å².